The number of carboxylic acids is 6. The molecular weight excluding hydrogens is 454 g/mol. The molecule has 0 aromatic rings. The minimum atomic E-state index is -1.17. The van der Waals surface area contributed by atoms with E-state index in [4.69, 9.17) is 55.6 Å². The second-order valence-corrected chi connectivity index (χ2v) is 3.84. The van der Waals surface area contributed by atoms with E-state index in [2.05, 4.69) is 0 Å². The summed E-state index contributed by atoms with van der Waals surface area (Å²) in [7, 11) is 0. The van der Waals surface area contributed by atoms with Crippen molar-refractivity contribution < 1.29 is 178 Å². The summed E-state index contributed by atoms with van der Waals surface area (Å²) in [6, 6.07) is -1.06. The quantitative estimate of drug-likeness (QED) is 0.319. The molecule has 0 rings (SSSR count). The fourth-order valence-corrected chi connectivity index (χ4v) is 0.402. The van der Waals surface area contributed by atoms with E-state index in [0.717, 1.165) is 27.7 Å². The van der Waals surface area contributed by atoms with Gasteiger partial charge < -0.3 is 55.6 Å². The summed E-state index contributed by atoms with van der Waals surface area (Å²) >= 11 is 0. The standard InChI is InChI=1S/C5H9NO4.4C2H4O2.4Na/c6-3(5(9)10)1-2-4(7)8;4*1-2(3)4;;;;/h3H,1-2,6H2,(H,7,8)(H,9,10);4*1H3,(H,3,4);;;;/q;;;;;4*+1/p-4/t3-;;;;;;;;/m0......../s1. The van der Waals surface area contributed by atoms with Gasteiger partial charge in [-0.1, -0.05) is 0 Å². The minimum Gasteiger partial charge on any atom is -0.550 e. The Hall–Kier alpha value is 0.780. The smallest absolute Gasteiger partial charge is 0.550 e. The maximum Gasteiger partial charge on any atom is 1.00 e. The molecule has 154 valence electrons. The van der Waals surface area contributed by atoms with Crippen molar-refractivity contribution in [1.29, 1.82) is 0 Å². The van der Waals surface area contributed by atoms with E-state index in [1.165, 1.54) is 0 Å². The number of rotatable bonds is 4. The van der Waals surface area contributed by atoms with Crippen molar-refractivity contribution in [2.45, 2.75) is 46.6 Å². The summed E-state index contributed by atoms with van der Waals surface area (Å²) in [6.07, 6.45) is -0.224. The summed E-state index contributed by atoms with van der Waals surface area (Å²) in [5.74, 6) is -6.53. The first kappa shape index (κ1) is 57.5. The molecule has 17 heteroatoms. The van der Waals surface area contributed by atoms with E-state index in [-0.39, 0.29) is 131 Å². The molecular formula is C13H21NNa4O12. The maximum absolute atomic E-state index is 9.99. The number of aliphatic carboxylic acids is 6. The Balaban J connectivity index is -0.0000000273. The van der Waals surface area contributed by atoms with E-state index in [9.17, 15) is 9.59 Å². The molecule has 0 spiro atoms. The number of nitrogens with two attached hydrogens (primary N) is 1. The first-order chi connectivity index (χ1) is 11.5. The van der Waals surface area contributed by atoms with Gasteiger partial charge in [0.15, 0.2) is 0 Å². The normalized spacial score (nSPS) is 7.50. The van der Waals surface area contributed by atoms with Crippen molar-refractivity contribution in [2.75, 3.05) is 0 Å². The molecule has 0 saturated heterocycles. The largest absolute Gasteiger partial charge is 1.00 e. The molecule has 0 aromatic heterocycles. The average Bonchev–Trinajstić information content (AvgIpc) is 2.32. The van der Waals surface area contributed by atoms with Crippen LogP contribution in [0.25, 0.3) is 0 Å². The first-order valence-electron chi connectivity index (χ1n) is 6.37. The van der Waals surface area contributed by atoms with E-state index < -0.39 is 41.9 Å². The first-order valence-corrected chi connectivity index (χ1v) is 6.37. The number of carboxylic acid groups (broad SMARTS) is 6. The van der Waals surface area contributed by atoms with E-state index >= 15 is 0 Å². The van der Waals surface area contributed by atoms with E-state index in [1.54, 1.807) is 0 Å². The topological polar surface area (TPSA) is 261 Å². The molecule has 0 unspecified atom stereocenters. The Morgan fingerprint density at radius 3 is 0.933 bits per heavy atom. The van der Waals surface area contributed by atoms with Crippen LogP contribution in [-0.4, -0.2) is 52.1 Å². The number of carbonyl (C=O) groups excluding carboxylic acids is 4. The van der Waals surface area contributed by atoms with Gasteiger partial charge in [-0.25, -0.2) is 0 Å². The maximum atomic E-state index is 9.99. The van der Waals surface area contributed by atoms with Crippen LogP contribution < -0.4 is 144 Å². The van der Waals surface area contributed by atoms with Crippen molar-refractivity contribution in [1.82, 2.24) is 0 Å². The van der Waals surface area contributed by atoms with Gasteiger partial charge in [-0.2, -0.15) is 0 Å². The summed E-state index contributed by atoms with van der Waals surface area (Å²) in [6.45, 7) is 3.89. The van der Waals surface area contributed by atoms with Gasteiger partial charge in [-0.3, -0.25) is 9.59 Å². The fraction of sp³-hybridized carbons (Fsp3) is 0.538. The summed E-state index contributed by atoms with van der Waals surface area (Å²) in [5, 5.41) is 51.8. The van der Waals surface area contributed by atoms with Crippen LogP contribution in [-0.2, 0) is 28.8 Å². The molecule has 0 aliphatic rings. The van der Waals surface area contributed by atoms with Gasteiger partial charge in [0.05, 0.1) is 0 Å². The second kappa shape index (κ2) is 43.6. The summed E-state index contributed by atoms with van der Waals surface area (Å²) in [5.41, 5.74) is 5.00. The van der Waals surface area contributed by atoms with Gasteiger partial charge in [0.1, 0.15) is 6.04 Å². The van der Waals surface area contributed by atoms with Crippen LogP contribution in [0.1, 0.15) is 40.5 Å². The summed E-state index contributed by atoms with van der Waals surface area (Å²) in [4.78, 5) is 55.4. The zero-order valence-electron chi connectivity index (χ0n) is 18.5. The van der Waals surface area contributed by atoms with Gasteiger partial charge in [0.2, 0.25) is 0 Å². The zero-order chi connectivity index (χ0) is 22.5. The minimum absolute atomic E-state index is 0. The SMILES string of the molecule is CC(=O)[O-].CC(=O)[O-].CC(=O)[O-].CC(=O)[O-].N[C@@H](CCC(=O)O)C(=O)O.[Na+].[Na+].[Na+].[Na+]. The van der Waals surface area contributed by atoms with E-state index in [1.807, 2.05) is 0 Å². The molecule has 4 N–H and O–H groups in total. The van der Waals surface area contributed by atoms with Crippen LogP contribution in [0, 0.1) is 0 Å². The van der Waals surface area contributed by atoms with Crippen LogP contribution in [0.4, 0.5) is 0 Å². The van der Waals surface area contributed by atoms with Crippen molar-refractivity contribution in [3.8, 4) is 0 Å². The molecule has 0 aromatic carbocycles. The molecule has 0 saturated carbocycles. The Morgan fingerprint density at radius 2 is 0.833 bits per heavy atom. The van der Waals surface area contributed by atoms with Gasteiger partial charge >= 0.3 is 130 Å². The molecule has 0 bridgehead atoms. The Kier molecular flexibility index (Phi) is 83.7. The molecule has 0 fully saturated rings. The predicted octanol–water partition coefficient (Wildman–Crippen LogP) is -17.7. The third kappa shape index (κ3) is 232. The molecule has 0 amide bonds. The van der Waals surface area contributed by atoms with Crippen molar-refractivity contribution in [2.24, 2.45) is 5.73 Å². The van der Waals surface area contributed by atoms with Crippen LogP contribution in [0.15, 0.2) is 0 Å². The molecule has 13 nitrogen and oxygen atoms in total. The van der Waals surface area contributed by atoms with Crippen LogP contribution in [0.3, 0.4) is 0 Å². The number of hydrogen-bond acceptors (Lipinski definition) is 11. The van der Waals surface area contributed by atoms with Gasteiger partial charge in [0.25, 0.3) is 0 Å². The van der Waals surface area contributed by atoms with Crippen LogP contribution in [0.5, 0.6) is 0 Å². The Morgan fingerprint density at radius 1 is 0.667 bits per heavy atom. The number of hydrogen-bond donors (Lipinski definition) is 3. The van der Waals surface area contributed by atoms with Crippen molar-refractivity contribution >= 4 is 35.8 Å². The molecule has 1 atom stereocenters. The van der Waals surface area contributed by atoms with Crippen LogP contribution >= 0.6 is 0 Å². The van der Waals surface area contributed by atoms with Crippen LogP contribution in [0.2, 0.25) is 0 Å². The molecule has 0 aliphatic carbocycles. The Labute approximate surface area is 262 Å². The van der Waals surface area contributed by atoms with Crippen molar-refractivity contribution in [3.05, 3.63) is 0 Å². The molecule has 0 aliphatic heterocycles. The number of carbonyl (C=O) groups is 6. The monoisotopic (exact) mass is 475 g/mol. The average molecular weight is 475 g/mol. The van der Waals surface area contributed by atoms with Gasteiger partial charge in [-0.05, 0) is 34.1 Å². The molecule has 0 radical (unpaired) electrons. The van der Waals surface area contributed by atoms with Crippen molar-refractivity contribution in [3.63, 3.8) is 0 Å². The third-order valence-electron chi connectivity index (χ3n) is 0.986. The van der Waals surface area contributed by atoms with Gasteiger partial charge in [0, 0.05) is 30.3 Å². The van der Waals surface area contributed by atoms with Gasteiger partial charge in [-0.15, -0.1) is 0 Å². The molecule has 30 heavy (non-hydrogen) atoms. The fourth-order valence-electron chi connectivity index (χ4n) is 0.402. The third-order valence-corrected chi connectivity index (χ3v) is 0.986. The molecule has 0 heterocycles. The summed E-state index contributed by atoms with van der Waals surface area (Å²) < 4.78 is 0. The predicted molar refractivity (Wildman–Crippen MR) is 75.2 cm³/mol. The van der Waals surface area contributed by atoms with E-state index in [0.29, 0.717) is 0 Å². The second-order valence-electron chi connectivity index (χ2n) is 3.84. The Bertz CT molecular complexity index is 399. The zero-order valence-corrected chi connectivity index (χ0v) is 26.5.